The van der Waals surface area contributed by atoms with Crippen LogP contribution in [0.4, 0.5) is 0 Å². The van der Waals surface area contributed by atoms with Gasteiger partial charge in [0, 0.05) is 18.0 Å². The van der Waals surface area contributed by atoms with E-state index in [4.69, 9.17) is 10.00 Å². The van der Waals surface area contributed by atoms with Gasteiger partial charge in [0.25, 0.3) is 0 Å². The van der Waals surface area contributed by atoms with Crippen molar-refractivity contribution in [2.45, 2.75) is 32.1 Å². The lowest BCUT2D eigenvalue weighted by Gasteiger charge is -2.22. The monoisotopic (exact) mass is 316 g/mol. The van der Waals surface area contributed by atoms with Crippen LogP contribution in [0.15, 0.2) is 41.8 Å². The molecule has 1 aromatic heterocycles. The molecule has 0 saturated heterocycles. The summed E-state index contributed by atoms with van der Waals surface area (Å²) < 4.78 is 5.41. The lowest BCUT2D eigenvalue weighted by molar-refractivity contribution is 0.0604. The molecule has 116 valence electrons. The van der Waals surface area contributed by atoms with E-state index in [1.54, 1.807) is 18.3 Å². The fourth-order valence-electron chi connectivity index (χ4n) is 2.04. The van der Waals surface area contributed by atoms with Crippen LogP contribution in [0.1, 0.15) is 24.3 Å². The Balaban J connectivity index is 1.83. The molecule has 2 N–H and O–H groups in total. The highest BCUT2D eigenvalue weighted by Gasteiger charge is 2.23. The molecular formula is C17H20N2O2S. The van der Waals surface area contributed by atoms with Gasteiger partial charge in [-0.05, 0) is 43.0 Å². The molecule has 22 heavy (non-hydrogen) atoms. The summed E-state index contributed by atoms with van der Waals surface area (Å²) in [5, 5.41) is 24.4. The van der Waals surface area contributed by atoms with E-state index in [1.165, 1.54) is 0 Å². The lowest BCUT2D eigenvalue weighted by Crippen LogP contribution is -2.34. The van der Waals surface area contributed by atoms with E-state index >= 15 is 0 Å². The lowest BCUT2D eigenvalue weighted by atomic mass is 10.1. The molecule has 0 spiro atoms. The van der Waals surface area contributed by atoms with Gasteiger partial charge in [0.2, 0.25) is 0 Å². The van der Waals surface area contributed by atoms with Crippen LogP contribution in [0.25, 0.3) is 0 Å². The molecule has 1 aromatic carbocycles. The molecule has 0 aliphatic carbocycles. The number of ether oxygens (including phenoxy) is 1. The summed E-state index contributed by atoms with van der Waals surface area (Å²) in [6, 6.07) is 13.5. The highest BCUT2D eigenvalue weighted by Crippen LogP contribution is 2.24. The summed E-state index contributed by atoms with van der Waals surface area (Å²) in [7, 11) is 0. The molecule has 0 fully saturated rings. The summed E-state index contributed by atoms with van der Waals surface area (Å²) in [6.07, 6.45) is -0.454. The number of nitrogens with one attached hydrogen (secondary N) is 1. The van der Waals surface area contributed by atoms with Crippen molar-refractivity contribution in [3.8, 4) is 11.8 Å². The zero-order valence-corrected chi connectivity index (χ0v) is 13.6. The molecule has 1 heterocycles. The molecule has 0 radical (unpaired) electrons. The fourth-order valence-corrected chi connectivity index (χ4v) is 2.83. The second-order valence-corrected chi connectivity index (χ2v) is 6.34. The largest absolute Gasteiger partial charge is 0.476 e. The van der Waals surface area contributed by atoms with Crippen LogP contribution in [0, 0.1) is 11.3 Å². The van der Waals surface area contributed by atoms with Crippen LogP contribution in [0.2, 0.25) is 0 Å². The van der Waals surface area contributed by atoms with Gasteiger partial charge in [-0.2, -0.15) is 5.26 Å². The maximum absolute atomic E-state index is 10.4. The third kappa shape index (κ3) is 4.57. The molecule has 5 heteroatoms. The Morgan fingerprint density at radius 3 is 2.68 bits per heavy atom. The normalized spacial score (nSPS) is 14.8. The number of nitrogens with zero attached hydrogens (tertiary/aromatic N) is 1. The van der Waals surface area contributed by atoms with E-state index in [9.17, 15) is 5.11 Å². The SMILES string of the molecule is CC(C#N)Oc1ccc(CNCC(C)(O)c2cccs2)cc1. The molecule has 2 aromatic rings. The summed E-state index contributed by atoms with van der Waals surface area (Å²) in [4.78, 5) is 0.953. The number of rotatable bonds is 7. The standard InChI is InChI=1S/C17H20N2O2S/c1-13(10-18)21-15-7-5-14(6-8-15)11-19-12-17(2,20)16-4-3-9-22-16/h3-9,13,19-20H,11-12H2,1-2H3. The Kier molecular flexibility index (Phi) is 5.56. The van der Waals surface area contributed by atoms with Gasteiger partial charge in [-0.1, -0.05) is 18.2 Å². The van der Waals surface area contributed by atoms with Gasteiger partial charge in [0.1, 0.15) is 17.4 Å². The van der Waals surface area contributed by atoms with Gasteiger partial charge in [-0.15, -0.1) is 11.3 Å². The van der Waals surface area contributed by atoms with E-state index < -0.39 is 11.7 Å². The Hall–Kier alpha value is -1.87. The molecule has 4 nitrogen and oxygen atoms in total. The molecule has 0 aliphatic heterocycles. The van der Waals surface area contributed by atoms with Crippen molar-refractivity contribution in [1.82, 2.24) is 5.32 Å². The number of nitriles is 1. The van der Waals surface area contributed by atoms with E-state index in [2.05, 4.69) is 5.32 Å². The summed E-state index contributed by atoms with van der Waals surface area (Å²) in [5.74, 6) is 0.684. The number of benzene rings is 1. The molecule has 2 unspecified atom stereocenters. The van der Waals surface area contributed by atoms with Crippen molar-refractivity contribution in [1.29, 1.82) is 5.26 Å². The van der Waals surface area contributed by atoms with Crippen molar-refractivity contribution in [3.63, 3.8) is 0 Å². The van der Waals surface area contributed by atoms with Crippen LogP contribution in [-0.2, 0) is 12.1 Å². The molecule has 2 rings (SSSR count). The molecule has 2 atom stereocenters. The van der Waals surface area contributed by atoms with E-state index in [0.29, 0.717) is 18.8 Å². The van der Waals surface area contributed by atoms with Gasteiger partial charge in [0.05, 0.1) is 0 Å². The average Bonchev–Trinajstić information content (AvgIpc) is 3.04. The number of aliphatic hydroxyl groups is 1. The van der Waals surface area contributed by atoms with E-state index in [0.717, 1.165) is 10.4 Å². The fraction of sp³-hybridized carbons (Fsp3) is 0.353. The number of thiophene rings is 1. The van der Waals surface area contributed by atoms with Crippen LogP contribution in [-0.4, -0.2) is 17.8 Å². The van der Waals surface area contributed by atoms with Crippen molar-refractivity contribution < 1.29 is 9.84 Å². The predicted octanol–water partition coefficient (Wildman–Crippen LogP) is 3.04. The molecule has 0 amide bonds. The van der Waals surface area contributed by atoms with Gasteiger partial charge < -0.3 is 15.2 Å². The van der Waals surface area contributed by atoms with Gasteiger partial charge in [-0.25, -0.2) is 0 Å². The highest BCUT2D eigenvalue weighted by atomic mass is 32.1. The predicted molar refractivity (Wildman–Crippen MR) is 87.7 cm³/mol. The number of hydrogen-bond acceptors (Lipinski definition) is 5. The second kappa shape index (κ2) is 7.41. The average molecular weight is 316 g/mol. The third-order valence-electron chi connectivity index (χ3n) is 3.27. The zero-order chi connectivity index (χ0) is 16.0. The first-order valence-corrected chi connectivity index (χ1v) is 8.01. The van der Waals surface area contributed by atoms with Crippen molar-refractivity contribution in [2.24, 2.45) is 0 Å². The number of hydrogen-bond donors (Lipinski definition) is 2. The smallest absolute Gasteiger partial charge is 0.181 e. The second-order valence-electron chi connectivity index (χ2n) is 5.39. The zero-order valence-electron chi connectivity index (χ0n) is 12.7. The topological polar surface area (TPSA) is 65.3 Å². The van der Waals surface area contributed by atoms with Crippen molar-refractivity contribution in [2.75, 3.05) is 6.54 Å². The Morgan fingerprint density at radius 2 is 2.09 bits per heavy atom. The summed E-state index contributed by atoms with van der Waals surface area (Å²) in [6.45, 7) is 4.67. The van der Waals surface area contributed by atoms with Gasteiger partial charge in [0.15, 0.2) is 6.10 Å². The first kappa shape index (κ1) is 16.5. The minimum Gasteiger partial charge on any atom is -0.476 e. The van der Waals surface area contributed by atoms with Crippen LogP contribution >= 0.6 is 11.3 Å². The molecule has 0 aliphatic rings. The Bertz CT molecular complexity index is 615. The third-order valence-corrected chi connectivity index (χ3v) is 4.39. The first-order valence-electron chi connectivity index (χ1n) is 7.13. The highest BCUT2D eigenvalue weighted by molar-refractivity contribution is 7.10. The first-order chi connectivity index (χ1) is 10.5. The summed E-state index contributed by atoms with van der Waals surface area (Å²) >= 11 is 1.55. The minimum absolute atomic E-state index is 0.454. The Morgan fingerprint density at radius 1 is 1.36 bits per heavy atom. The summed E-state index contributed by atoms with van der Waals surface area (Å²) in [5.41, 5.74) is 0.235. The molecule has 0 saturated carbocycles. The van der Waals surface area contributed by atoms with Gasteiger partial charge >= 0.3 is 0 Å². The van der Waals surface area contributed by atoms with E-state index in [-0.39, 0.29) is 0 Å². The van der Waals surface area contributed by atoms with Crippen molar-refractivity contribution >= 4 is 11.3 Å². The minimum atomic E-state index is -0.862. The maximum Gasteiger partial charge on any atom is 0.181 e. The quantitative estimate of drug-likeness (QED) is 0.824. The van der Waals surface area contributed by atoms with Crippen LogP contribution < -0.4 is 10.1 Å². The van der Waals surface area contributed by atoms with Crippen molar-refractivity contribution in [3.05, 3.63) is 52.2 Å². The molecule has 0 bridgehead atoms. The molecular weight excluding hydrogens is 296 g/mol. The van der Waals surface area contributed by atoms with Crippen LogP contribution in [0.3, 0.4) is 0 Å². The van der Waals surface area contributed by atoms with Crippen LogP contribution in [0.5, 0.6) is 5.75 Å². The van der Waals surface area contributed by atoms with E-state index in [1.807, 2.05) is 54.8 Å². The Labute approximate surface area is 135 Å². The van der Waals surface area contributed by atoms with Gasteiger partial charge in [-0.3, -0.25) is 0 Å². The maximum atomic E-state index is 10.4.